The van der Waals surface area contributed by atoms with Crippen LogP contribution in [0.1, 0.15) is 105 Å². The highest BCUT2D eigenvalue weighted by atomic mass is 16.3. The molecule has 4 aliphatic carbocycles. The van der Waals surface area contributed by atoms with Gasteiger partial charge >= 0.3 is 0 Å². The van der Waals surface area contributed by atoms with Crippen LogP contribution in [-0.4, -0.2) is 16.9 Å². The Morgan fingerprint density at radius 3 is 2.40 bits per heavy atom. The van der Waals surface area contributed by atoms with Gasteiger partial charge < -0.3 is 10.9 Å². The lowest BCUT2D eigenvalue weighted by atomic mass is 9.44. The van der Waals surface area contributed by atoms with Crippen LogP contribution in [0.2, 0.25) is 0 Å². The first-order chi connectivity index (χ1) is 14.2. The minimum atomic E-state index is -0.159. The van der Waals surface area contributed by atoms with Crippen LogP contribution in [0.15, 0.2) is 5.10 Å². The lowest BCUT2D eigenvalue weighted by Crippen LogP contribution is -2.57. The van der Waals surface area contributed by atoms with Crippen molar-refractivity contribution in [2.24, 2.45) is 63.2 Å². The summed E-state index contributed by atoms with van der Waals surface area (Å²) in [5, 5.41) is 14.7. The molecule has 4 fully saturated rings. The van der Waals surface area contributed by atoms with Gasteiger partial charge in [-0.1, -0.05) is 53.9 Å². The molecule has 4 saturated carbocycles. The fourth-order valence-corrected chi connectivity index (χ4v) is 9.21. The molecule has 172 valence electrons. The average molecular weight is 417 g/mol. The second kappa shape index (κ2) is 8.41. The van der Waals surface area contributed by atoms with Crippen LogP contribution in [0.3, 0.4) is 0 Å². The first-order valence-corrected chi connectivity index (χ1v) is 13.2. The van der Waals surface area contributed by atoms with Crippen molar-refractivity contribution in [2.75, 3.05) is 0 Å². The lowest BCUT2D eigenvalue weighted by molar-refractivity contribution is -0.0939. The summed E-state index contributed by atoms with van der Waals surface area (Å²) in [6, 6.07) is 0. The maximum Gasteiger partial charge on any atom is 0.0547 e. The van der Waals surface area contributed by atoms with Gasteiger partial charge in [0.2, 0.25) is 0 Å². The normalized spacial score (nSPS) is 48.3. The summed E-state index contributed by atoms with van der Waals surface area (Å²) in [7, 11) is 0. The van der Waals surface area contributed by atoms with Crippen LogP contribution in [0, 0.1) is 52.3 Å². The topological polar surface area (TPSA) is 58.6 Å². The van der Waals surface area contributed by atoms with Crippen molar-refractivity contribution in [1.29, 1.82) is 0 Å². The predicted octanol–water partition coefficient (Wildman–Crippen LogP) is 6.39. The van der Waals surface area contributed by atoms with Crippen LogP contribution in [0.25, 0.3) is 0 Å². The molecule has 0 aliphatic heterocycles. The molecule has 4 aliphatic rings. The standard InChI is InChI=1S/C27H48N2O/c1-17(2)7-6-8-18(3)21-9-10-22-20-16-25(29-28)24-15-19(30)11-13-27(24,5)23(20)12-14-26(21,22)4/h17-24,30H,6-16,28H2,1-5H3/t18-,19?,20+,21-,22+,23+,24?,26-,27-/m1/s1. The number of aliphatic hydroxyl groups is 1. The maximum atomic E-state index is 10.4. The van der Waals surface area contributed by atoms with Crippen LogP contribution < -0.4 is 5.84 Å². The zero-order valence-electron chi connectivity index (χ0n) is 20.4. The number of aliphatic hydroxyl groups excluding tert-OH is 1. The predicted molar refractivity (Wildman–Crippen MR) is 126 cm³/mol. The number of hydrogen-bond acceptors (Lipinski definition) is 3. The Bertz CT molecular complexity index is 645. The van der Waals surface area contributed by atoms with Crippen LogP contribution in [-0.2, 0) is 0 Å². The molecule has 0 aromatic carbocycles. The molecule has 3 heteroatoms. The Kier molecular flexibility index (Phi) is 6.34. The summed E-state index contributed by atoms with van der Waals surface area (Å²) in [4.78, 5) is 0. The van der Waals surface area contributed by atoms with E-state index in [0.717, 1.165) is 61.2 Å². The highest BCUT2D eigenvalue weighted by Gasteiger charge is 2.61. The Morgan fingerprint density at radius 1 is 1.00 bits per heavy atom. The molecule has 0 bridgehead atoms. The molecule has 0 spiro atoms. The molecule has 0 radical (unpaired) electrons. The Hall–Kier alpha value is -0.570. The molecular weight excluding hydrogens is 368 g/mol. The molecule has 0 heterocycles. The van der Waals surface area contributed by atoms with Gasteiger partial charge in [-0.3, -0.25) is 0 Å². The van der Waals surface area contributed by atoms with E-state index in [-0.39, 0.29) is 6.10 Å². The second-order valence-electron chi connectivity index (χ2n) is 12.7. The highest BCUT2D eigenvalue weighted by Crippen LogP contribution is 2.68. The van der Waals surface area contributed by atoms with Crippen molar-refractivity contribution >= 4 is 5.71 Å². The summed E-state index contributed by atoms with van der Waals surface area (Å²) >= 11 is 0. The van der Waals surface area contributed by atoms with Gasteiger partial charge in [0.25, 0.3) is 0 Å². The monoisotopic (exact) mass is 416 g/mol. The van der Waals surface area contributed by atoms with E-state index in [0.29, 0.717) is 16.7 Å². The van der Waals surface area contributed by atoms with Crippen molar-refractivity contribution < 1.29 is 5.11 Å². The van der Waals surface area contributed by atoms with Crippen molar-refractivity contribution in [2.45, 2.75) is 111 Å². The number of hydrogen-bond donors (Lipinski definition) is 2. The van der Waals surface area contributed by atoms with Crippen LogP contribution in [0.5, 0.6) is 0 Å². The Balaban J connectivity index is 1.53. The number of nitrogens with zero attached hydrogens (tertiary/aromatic N) is 1. The minimum Gasteiger partial charge on any atom is -0.393 e. The largest absolute Gasteiger partial charge is 0.393 e. The van der Waals surface area contributed by atoms with Crippen molar-refractivity contribution in [3.8, 4) is 0 Å². The number of rotatable bonds is 5. The SMILES string of the molecule is CC(C)CCC[C@@H](C)[C@H]1CC[C@H]2[C@@H]3CC(=NN)C4CC(O)CC[C@]4(C)[C@H]3CC[C@]12C. The van der Waals surface area contributed by atoms with E-state index in [1.165, 1.54) is 50.7 Å². The number of fused-ring (bicyclic) bond motifs is 5. The zero-order valence-corrected chi connectivity index (χ0v) is 20.4. The molecule has 3 N–H and O–H groups in total. The van der Waals surface area contributed by atoms with Crippen LogP contribution in [0.4, 0.5) is 0 Å². The van der Waals surface area contributed by atoms with E-state index >= 15 is 0 Å². The lowest BCUT2D eigenvalue weighted by Gasteiger charge is -2.61. The molecule has 4 rings (SSSR count). The smallest absolute Gasteiger partial charge is 0.0547 e. The molecule has 2 unspecified atom stereocenters. The number of hydrazone groups is 1. The first-order valence-electron chi connectivity index (χ1n) is 13.2. The molecule has 0 aromatic heterocycles. The number of nitrogens with two attached hydrogens (primary N) is 1. The summed E-state index contributed by atoms with van der Waals surface area (Å²) in [6.45, 7) is 12.4. The molecule has 30 heavy (non-hydrogen) atoms. The molecular formula is C27H48N2O. The Labute approximate surface area is 185 Å². The van der Waals surface area contributed by atoms with E-state index in [1.807, 2.05) is 0 Å². The van der Waals surface area contributed by atoms with Gasteiger partial charge in [0, 0.05) is 11.6 Å². The average Bonchev–Trinajstić information content (AvgIpc) is 3.05. The van der Waals surface area contributed by atoms with Gasteiger partial charge in [0.15, 0.2) is 0 Å². The third kappa shape index (κ3) is 3.65. The van der Waals surface area contributed by atoms with E-state index < -0.39 is 0 Å². The first kappa shape index (κ1) is 22.6. The quantitative estimate of drug-likeness (QED) is 0.403. The summed E-state index contributed by atoms with van der Waals surface area (Å²) < 4.78 is 0. The van der Waals surface area contributed by atoms with Gasteiger partial charge in [0.1, 0.15) is 0 Å². The Morgan fingerprint density at radius 2 is 1.70 bits per heavy atom. The fourth-order valence-electron chi connectivity index (χ4n) is 9.21. The van der Waals surface area contributed by atoms with Gasteiger partial charge in [-0.25, -0.2) is 0 Å². The molecule has 0 saturated heterocycles. The highest BCUT2D eigenvalue weighted by molar-refractivity contribution is 5.88. The summed E-state index contributed by atoms with van der Waals surface area (Å²) in [6.07, 6.45) is 13.8. The minimum absolute atomic E-state index is 0.159. The van der Waals surface area contributed by atoms with Crippen molar-refractivity contribution in [3.05, 3.63) is 0 Å². The van der Waals surface area contributed by atoms with Crippen LogP contribution >= 0.6 is 0 Å². The molecule has 0 amide bonds. The van der Waals surface area contributed by atoms with Gasteiger partial charge in [-0.2, -0.15) is 5.10 Å². The fraction of sp³-hybridized carbons (Fsp3) is 0.963. The van der Waals surface area contributed by atoms with E-state index in [9.17, 15) is 5.11 Å². The molecule has 0 aromatic rings. The second-order valence-corrected chi connectivity index (χ2v) is 12.7. The summed E-state index contributed by atoms with van der Waals surface area (Å²) in [5.74, 6) is 11.4. The van der Waals surface area contributed by atoms with E-state index in [1.54, 1.807) is 0 Å². The van der Waals surface area contributed by atoms with Gasteiger partial charge in [0.05, 0.1) is 6.10 Å². The van der Waals surface area contributed by atoms with Gasteiger partial charge in [-0.15, -0.1) is 0 Å². The van der Waals surface area contributed by atoms with Crippen molar-refractivity contribution in [3.63, 3.8) is 0 Å². The summed E-state index contributed by atoms with van der Waals surface area (Å²) in [5.41, 5.74) is 2.04. The molecule has 9 atom stereocenters. The van der Waals surface area contributed by atoms with E-state index in [4.69, 9.17) is 5.84 Å². The third-order valence-electron chi connectivity index (χ3n) is 10.8. The molecule has 3 nitrogen and oxygen atoms in total. The zero-order chi connectivity index (χ0) is 21.7. The van der Waals surface area contributed by atoms with E-state index in [2.05, 4.69) is 39.7 Å². The van der Waals surface area contributed by atoms with Crippen molar-refractivity contribution in [1.82, 2.24) is 0 Å². The maximum absolute atomic E-state index is 10.4. The van der Waals surface area contributed by atoms with Gasteiger partial charge in [-0.05, 0) is 97.7 Å². The third-order valence-corrected chi connectivity index (χ3v) is 10.8.